The minimum atomic E-state index is 0.0522. The molecule has 0 bridgehead atoms. The molecule has 1 N–H and O–H groups in total. The van der Waals surface area contributed by atoms with Crippen molar-refractivity contribution in [3.05, 3.63) is 29.3 Å². The Hall–Kier alpha value is -0.730. The van der Waals surface area contributed by atoms with Gasteiger partial charge in [0.1, 0.15) is 0 Å². The number of rotatable bonds is 2. The van der Waals surface area contributed by atoms with Crippen LogP contribution in [0.5, 0.6) is 0 Å². The number of halogens is 1. The largest absolute Gasteiger partial charge is 0.396 e. The van der Waals surface area contributed by atoms with E-state index in [-0.39, 0.29) is 5.54 Å². The third kappa shape index (κ3) is 2.58. The van der Waals surface area contributed by atoms with Crippen LogP contribution in [0.15, 0.2) is 24.3 Å². The fourth-order valence-corrected chi connectivity index (χ4v) is 3.04. The quantitative estimate of drug-likeness (QED) is 0.874. The summed E-state index contributed by atoms with van der Waals surface area (Å²) in [6, 6.07) is 7.99. The monoisotopic (exact) mass is 253 g/mol. The van der Waals surface area contributed by atoms with Crippen molar-refractivity contribution in [3.8, 4) is 0 Å². The van der Waals surface area contributed by atoms with Gasteiger partial charge in [0.15, 0.2) is 0 Å². The maximum absolute atomic E-state index is 9.29. The highest BCUT2D eigenvalue weighted by atomic mass is 35.5. The molecule has 2 rings (SSSR count). The van der Waals surface area contributed by atoms with Crippen molar-refractivity contribution in [1.82, 2.24) is 0 Å². The third-order valence-electron chi connectivity index (χ3n) is 3.68. The summed E-state index contributed by atoms with van der Waals surface area (Å²) in [6.45, 7) is 5.69. The summed E-state index contributed by atoms with van der Waals surface area (Å²) in [5, 5.41) is 10.1. The van der Waals surface area contributed by atoms with E-state index in [0.717, 1.165) is 30.1 Å². The average Bonchev–Trinajstić information content (AvgIpc) is 2.29. The zero-order valence-electron chi connectivity index (χ0n) is 10.5. The fourth-order valence-electron chi connectivity index (χ4n) is 2.81. The lowest BCUT2D eigenvalue weighted by Gasteiger charge is -2.47. The lowest BCUT2D eigenvalue weighted by Crippen LogP contribution is -2.50. The highest BCUT2D eigenvalue weighted by Gasteiger charge is 2.35. The summed E-state index contributed by atoms with van der Waals surface area (Å²) in [4.78, 5) is 2.36. The van der Waals surface area contributed by atoms with Gasteiger partial charge in [0, 0.05) is 18.7 Å². The number of aliphatic hydroxyl groups is 1. The van der Waals surface area contributed by atoms with Gasteiger partial charge in [-0.15, -0.1) is 0 Å². The van der Waals surface area contributed by atoms with Crippen LogP contribution in [-0.2, 0) is 0 Å². The number of nitrogens with zero attached hydrogens (tertiary/aromatic N) is 1. The number of hydrogen-bond donors (Lipinski definition) is 1. The number of aliphatic hydroxyl groups excluding tert-OH is 1. The Morgan fingerprint density at radius 1 is 1.41 bits per heavy atom. The van der Waals surface area contributed by atoms with E-state index in [0.29, 0.717) is 12.5 Å². The summed E-state index contributed by atoms with van der Waals surface area (Å²) in [5.74, 6) is 0.420. The molecule has 0 spiro atoms. The molecule has 1 aliphatic heterocycles. The maximum atomic E-state index is 9.29. The predicted molar refractivity (Wildman–Crippen MR) is 72.7 cm³/mol. The first-order chi connectivity index (χ1) is 8.04. The van der Waals surface area contributed by atoms with E-state index in [1.807, 2.05) is 18.2 Å². The highest BCUT2D eigenvalue weighted by Crippen LogP contribution is 2.38. The molecule has 1 heterocycles. The summed E-state index contributed by atoms with van der Waals surface area (Å²) in [5.41, 5.74) is 1.16. The Kier molecular flexibility index (Phi) is 3.64. The summed E-state index contributed by atoms with van der Waals surface area (Å²) in [6.07, 6.45) is 2.04. The first-order valence-electron chi connectivity index (χ1n) is 6.17. The van der Waals surface area contributed by atoms with Crippen molar-refractivity contribution in [2.24, 2.45) is 5.92 Å². The van der Waals surface area contributed by atoms with Crippen molar-refractivity contribution >= 4 is 17.3 Å². The van der Waals surface area contributed by atoms with Gasteiger partial charge in [-0.1, -0.05) is 23.7 Å². The molecule has 2 nitrogen and oxygen atoms in total. The van der Waals surface area contributed by atoms with Crippen molar-refractivity contribution in [2.75, 3.05) is 18.1 Å². The zero-order chi connectivity index (χ0) is 12.5. The minimum absolute atomic E-state index is 0.0522. The van der Waals surface area contributed by atoms with Gasteiger partial charge in [-0.3, -0.25) is 0 Å². The van der Waals surface area contributed by atoms with Gasteiger partial charge in [-0.2, -0.15) is 0 Å². The third-order valence-corrected chi connectivity index (χ3v) is 4.00. The van der Waals surface area contributed by atoms with Gasteiger partial charge < -0.3 is 10.0 Å². The second-order valence-electron chi connectivity index (χ2n) is 5.46. The van der Waals surface area contributed by atoms with Crippen LogP contribution >= 0.6 is 11.6 Å². The zero-order valence-corrected chi connectivity index (χ0v) is 11.2. The second kappa shape index (κ2) is 4.87. The number of anilines is 1. The van der Waals surface area contributed by atoms with E-state index < -0.39 is 0 Å². The van der Waals surface area contributed by atoms with Gasteiger partial charge in [0.25, 0.3) is 0 Å². The molecule has 1 fully saturated rings. The van der Waals surface area contributed by atoms with E-state index in [1.54, 1.807) is 0 Å². The molecule has 0 saturated carbocycles. The summed E-state index contributed by atoms with van der Waals surface area (Å²) >= 11 is 6.26. The molecular weight excluding hydrogens is 234 g/mol. The van der Waals surface area contributed by atoms with Crippen molar-refractivity contribution < 1.29 is 5.11 Å². The lowest BCUT2D eigenvalue weighted by molar-refractivity contribution is 0.166. The second-order valence-corrected chi connectivity index (χ2v) is 5.86. The Morgan fingerprint density at radius 3 is 2.71 bits per heavy atom. The van der Waals surface area contributed by atoms with E-state index in [2.05, 4.69) is 24.8 Å². The van der Waals surface area contributed by atoms with E-state index in [4.69, 9.17) is 11.6 Å². The summed E-state index contributed by atoms with van der Waals surface area (Å²) < 4.78 is 0. The average molecular weight is 254 g/mol. The van der Waals surface area contributed by atoms with E-state index >= 15 is 0 Å². The van der Waals surface area contributed by atoms with Gasteiger partial charge in [-0.05, 0) is 44.7 Å². The van der Waals surface area contributed by atoms with Crippen LogP contribution in [-0.4, -0.2) is 23.8 Å². The minimum Gasteiger partial charge on any atom is -0.396 e. The molecule has 94 valence electrons. The molecule has 3 heteroatoms. The Morgan fingerprint density at radius 2 is 2.12 bits per heavy atom. The molecule has 1 atom stereocenters. The number of benzene rings is 1. The van der Waals surface area contributed by atoms with E-state index in [9.17, 15) is 5.11 Å². The van der Waals surface area contributed by atoms with Crippen LogP contribution in [0.2, 0.25) is 5.02 Å². The van der Waals surface area contributed by atoms with Crippen LogP contribution in [0.1, 0.15) is 26.7 Å². The molecule has 0 aromatic heterocycles. The first kappa shape index (κ1) is 12.7. The SMILES string of the molecule is CC1(C)CC(CO)CCN1c1ccccc1Cl. The maximum Gasteiger partial charge on any atom is 0.0639 e. The number of para-hydroxylation sites is 1. The Bertz CT molecular complexity index is 392. The molecule has 17 heavy (non-hydrogen) atoms. The van der Waals surface area contributed by atoms with E-state index in [1.165, 1.54) is 0 Å². The molecule has 1 saturated heterocycles. The van der Waals surface area contributed by atoms with Crippen LogP contribution in [0.3, 0.4) is 0 Å². The molecule has 0 amide bonds. The molecule has 1 aromatic carbocycles. The molecule has 0 radical (unpaired) electrons. The summed E-state index contributed by atoms with van der Waals surface area (Å²) in [7, 11) is 0. The van der Waals surface area contributed by atoms with Gasteiger partial charge in [-0.25, -0.2) is 0 Å². The Labute approximate surface area is 108 Å². The first-order valence-corrected chi connectivity index (χ1v) is 6.55. The predicted octanol–water partition coefficient (Wildman–Crippen LogP) is 3.33. The molecule has 1 aromatic rings. The fraction of sp³-hybridized carbons (Fsp3) is 0.571. The van der Waals surface area contributed by atoms with Crippen LogP contribution in [0.4, 0.5) is 5.69 Å². The van der Waals surface area contributed by atoms with Crippen molar-refractivity contribution in [1.29, 1.82) is 0 Å². The topological polar surface area (TPSA) is 23.5 Å². The molecule has 1 unspecified atom stereocenters. The number of piperidine rings is 1. The van der Waals surface area contributed by atoms with Gasteiger partial charge in [0.05, 0.1) is 10.7 Å². The highest BCUT2D eigenvalue weighted by molar-refractivity contribution is 6.33. The van der Waals surface area contributed by atoms with Crippen molar-refractivity contribution in [2.45, 2.75) is 32.2 Å². The molecular formula is C14H20ClNO. The smallest absolute Gasteiger partial charge is 0.0639 e. The lowest BCUT2D eigenvalue weighted by atomic mass is 9.82. The molecule has 1 aliphatic rings. The molecule has 0 aliphatic carbocycles. The van der Waals surface area contributed by atoms with Crippen molar-refractivity contribution in [3.63, 3.8) is 0 Å². The van der Waals surface area contributed by atoms with Crippen LogP contribution < -0.4 is 4.90 Å². The van der Waals surface area contributed by atoms with Crippen LogP contribution in [0, 0.1) is 5.92 Å². The van der Waals surface area contributed by atoms with Gasteiger partial charge in [0.2, 0.25) is 0 Å². The Balaban J connectivity index is 2.25. The van der Waals surface area contributed by atoms with Gasteiger partial charge >= 0.3 is 0 Å². The normalized spacial score (nSPS) is 23.8. The standard InChI is InChI=1S/C14H20ClNO/c1-14(2)9-11(10-17)7-8-16(14)13-6-4-3-5-12(13)15/h3-6,11,17H,7-10H2,1-2H3. The number of hydrogen-bond acceptors (Lipinski definition) is 2. The van der Waals surface area contributed by atoms with Crippen LogP contribution in [0.25, 0.3) is 0 Å².